The van der Waals surface area contributed by atoms with Crippen molar-refractivity contribution in [3.63, 3.8) is 0 Å². The van der Waals surface area contributed by atoms with Gasteiger partial charge < -0.3 is 10.1 Å². The lowest BCUT2D eigenvalue weighted by atomic mass is 10.2. The predicted molar refractivity (Wildman–Crippen MR) is 113 cm³/mol. The fourth-order valence-electron chi connectivity index (χ4n) is 3.10. The van der Waals surface area contributed by atoms with E-state index in [0.717, 1.165) is 5.56 Å². The van der Waals surface area contributed by atoms with Gasteiger partial charge in [0.2, 0.25) is 0 Å². The van der Waals surface area contributed by atoms with Crippen LogP contribution in [0.15, 0.2) is 78.0 Å². The fraction of sp³-hybridized carbons (Fsp3) is 0.143. The number of hydrogen-bond donors (Lipinski definition) is 1. The summed E-state index contributed by atoms with van der Waals surface area (Å²) in [4.78, 5) is 16.8. The van der Waals surface area contributed by atoms with Crippen molar-refractivity contribution in [2.45, 2.75) is 17.5 Å². The number of amides is 1. The number of carbonyl (C=O) groups is 1. The van der Waals surface area contributed by atoms with Crippen LogP contribution in [0.1, 0.15) is 5.56 Å². The molecule has 1 aliphatic rings. The third-order valence-electron chi connectivity index (χ3n) is 4.64. The lowest BCUT2D eigenvalue weighted by molar-refractivity contribution is -0.127. The summed E-state index contributed by atoms with van der Waals surface area (Å²) in [5.41, 5.74) is 1.26. The van der Waals surface area contributed by atoms with Gasteiger partial charge in [-0.25, -0.2) is 8.42 Å². The number of rotatable bonds is 5. The SMILES string of the molecule is O=C(NCc1ccncc1)[C@@H]1CN(S(=O)(=O)c2ccc(Cl)cc2)c2ccccc2O1. The zero-order valence-corrected chi connectivity index (χ0v) is 17.3. The van der Waals surface area contributed by atoms with Crippen molar-refractivity contribution in [1.82, 2.24) is 10.3 Å². The minimum Gasteiger partial charge on any atom is -0.476 e. The van der Waals surface area contributed by atoms with E-state index < -0.39 is 22.0 Å². The maximum Gasteiger partial charge on any atom is 0.264 e. The highest BCUT2D eigenvalue weighted by molar-refractivity contribution is 7.92. The van der Waals surface area contributed by atoms with Crippen molar-refractivity contribution in [3.8, 4) is 5.75 Å². The van der Waals surface area contributed by atoms with Gasteiger partial charge >= 0.3 is 0 Å². The number of nitrogens with one attached hydrogen (secondary N) is 1. The molecule has 0 saturated heterocycles. The number of para-hydroxylation sites is 2. The second-order valence-corrected chi connectivity index (χ2v) is 8.94. The van der Waals surface area contributed by atoms with E-state index in [1.54, 1.807) is 48.8 Å². The topological polar surface area (TPSA) is 88.6 Å². The first-order chi connectivity index (χ1) is 14.4. The standard InChI is InChI=1S/C21H18ClN3O4S/c22-16-5-7-17(8-6-16)30(27,28)25-14-20(29-19-4-2-1-3-18(19)25)21(26)24-13-15-9-11-23-12-10-15/h1-12,20H,13-14H2,(H,24,26)/t20-/m0/s1. The highest BCUT2D eigenvalue weighted by atomic mass is 35.5. The van der Waals surface area contributed by atoms with E-state index in [2.05, 4.69) is 10.3 Å². The van der Waals surface area contributed by atoms with Crippen molar-refractivity contribution >= 4 is 33.2 Å². The number of halogens is 1. The predicted octanol–water partition coefficient (Wildman–Crippen LogP) is 3.01. The Labute approximate surface area is 179 Å². The monoisotopic (exact) mass is 443 g/mol. The first-order valence-electron chi connectivity index (χ1n) is 9.16. The minimum absolute atomic E-state index is 0.0829. The smallest absolute Gasteiger partial charge is 0.264 e. The van der Waals surface area contributed by atoms with Crippen LogP contribution in [0.5, 0.6) is 5.75 Å². The van der Waals surface area contributed by atoms with Crippen LogP contribution in [-0.2, 0) is 21.4 Å². The average Bonchev–Trinajstić information content (AvgIpc) is 2.77. The summed E-state index contributed by atoms with van der Waals surface area (Å²) < 4.78 is 33.6. The molecule has 1 atom stereocenters. The van der Waals surface area contributed by atoms with E-state index in [1.807, 2.05) is 0 Å². The molecule has 2 heterocycles. The summed E-state index contributed by atoms with van der Waals surface area (Å²) >= 11 is 5.89. The Morgan fingerprint density at radius 3 is 2.53 bits per heavy atom. The maximum atomic E-state index is 13.3. The summed E-state index contributed by atoms with van der Waals surface area (Å²) in [6, 6.07) is 16.2. The molecule has 2 aromatic carbocycles. The van der Waals surface area contributed by atoms with Crippen LogP contribution in [0.4, 0.5) is 5.69 Å². The van der Waals surface area contributed by atoms with Crippen molar-refractivity contribution in [1.29, 1.82) is 0 Å². The Bertz CT molecular complexity index is 1150. The molecule has 0 aliphatic carbocycles. The van der Waals surface area contributed by atoms with Gasteiger partial charge in [0.1, 0.15) is 5.75 Å². The third kappa shape index (κ3) is 4.10. The number of benzene rings is 2. The summed E-state index contributed by atoms with van der Waals surface area (Å²) in [6.45, 7) is 0.136. The van der Waals surface area contributed by atoms with Crippen LogP contribution in [0.3, 0.4) is 0 Å². The van der Waals surface area contributed by atoms with Crippen LogP contribution in [-0.4, -0.2) is 32.0 Å². The van der Waals surface area contributed by atoms with E-state index in [1.165, 1.54) is 28.6 Å². The summed E-state index contributed by atoms with van der Waals surface area (Å²) in [6.07, 6.45) is 2.27. The van der Waals surface area contributed by atoms with Crippen molar-refractivity contribution in [2.75, 3.05) is 10.8 Å². The molecule has 0 saturated carbocycles. The third-order valence-corrected chi connectivity index (χ3v) is 6.69. The van der Waals surface area contributed by atoms with Crippen LogP contribution >= 0.6 is 11.6 Å². The van der Waals surface area contributed by atoms with Crippen molar-refractivity contribution < 1.29 is 17.9 Å². The van der Waals surface area contributed by atoms with Crippen molar-refractivity contribution in [2.24, 2.45) is 0 Å². The first kappa shape index (κ1) is 20.2. The van der Waals surface area contributed by atoms with Gasteiger partial charge in [0.25, 0.3) is 15.9 Å². The number of sulfonamides is 1. The number of pyridine rings is 1. The van der Waals surface area contributed by atoms with Crippen LogP contribution < -0.4 is 14.4 Å². The van der Waals surface area contributed by atoms with Crippen LogP contribution in [0.25, 0.3) is 0 Å². The zero-order valence-electron chi connectivity index (χ0n) is 15.7. The second-order valence-electron chi connectivity index (χ2n) is 6.64. The number of fused-ring (bicyclic) bond motifs is 1. The highest BCUT2D eigenvalue weighted by Gasteiger charge is 2.37. The van der Waals surface area contributed by atoms with Gasteiger partial charge in [-0.05, 0) is 54.1 Å². The molecule has 3 aromatic rings. The number of nitrogens with zero attached hydrogens (tertiary/aromatic N) is 2. The molecule has 0 bridgehead atoms. The molecular weight excluding hydrogens is 426 g/mol. The molecule has 0 radical (unpaired) electrons. The zero-order chi connectivity index (χ0) is 21.1. The highest BCUT2D eigenvalue weighted by Crippen LogP contribution is 2.36. The van der Waals surface area contributed by atoms with Crippen LogP contribution in [0.2, 0.25) is 5.02 Å². The normalized spacial score (nSPS) is 15.8. The van der Waals surface area contributed by atoms with Gasteiger partial charge in [0.15, 0.2) is 6.10 Å². The van der Waals surface area contributed by atoms with E-state index in [4.69, 9.17) is 16.3 Å². The van der Waals surface area contributed by atoms with Gasteiger partial charge in [-0.2, -0.15) is 0 Å². The molecule has 30 heavy (non-hydrogen) atoms. The minimum atomic E-state index is -3.92. The molecule has 0 unspecified atom stereocenters. The quantitative estimate of drug-likeness (QED) is 0.654. The first-order valence-corrected chi connectivity index (χ1v) is 11.0. The molecule has 1 aromatic heterocycles. The number of aromatic nitrogens is 1. The molecule has 0 spiro atoms. The van der Waals surface area contributed by atoms with Gasteiger partial charge in [-0.3, -0.25) is 14.1 Å². The molecule has 0 fully saturated rings. The van der Waals surface area contributed by atoms with Gasteiger partial charge in [-0.15, -0.1) is 0 Å². The van der Waals surface area contributed by atoms with E-state index in [0.29, 0.717) is 16.5 Å². The van der Waals surface area contributed by atoms with Gasteiger partial charge in [0, 0.05) is 24.0 Å². The molecule has 4 rings (SSSR count). The van der Waals surface area contributed by atoms with Crippen molar-refractivity contribution in [3.05, 3.63) is 83.6 Å². The Morgan fingerprint density at radius 2 is 1.80 bits per heavy atom. The largest absolute Gasteiger partial charge is 0.476 e. The van der Waals surface area contributed by atoms with Gasteiger partial charge in [0.05, 0.1) is 17.1 Å². The molecule has 9 heteroatoms. The Kier molecular flexibility index (Phi) is 5.61. The Balaban J connectivity index is 1.60. The lowest BCUT2D eigenvalue weighted by Gasteiger charge is -2.34. The molecule has 1 aliphatic heterocycles. The maximum absolute atomic E-state index is 13.3. The fourth-order valence-corrected chi connectivity index (χ4v) is 4.71. The summed E-state index contributed by atoms with van der Waals surface area (Å²) in [5.74, 6) is -0.0806. The number of anilines is 1. The van der Waals surface area contributed by atoms with E-state index >= 15 is 0 Å². The van der Waals surface area contributed by atoms with E-state index in [-0.39, 0.29) is 18.0 Å². The second kappa shape index (κ2) is 8.33. The molecule has 7 nitrogen and oxygen atoms in total. The van der Waals surface area contributed by atoms with Gasteiger partial charge in [-0.1, -0.05) is 23.7 Å². The molecule has 154 valence electrons. The van der Waals surface area contributed by atoms with E-state index in [9.17, 15) is 13.2 Å². The summed E-state index contributed by atoms with van der Waals surface area (Å²) in [5, 5.41) is 3.22. The van der Waals surface area contributed by atoms with Crippen LogP contribution in [0, 0.1) is 0 Å². The Morgan fingerprint density at radius 1 is 1.10 bits per heavy atom. The molecule has 1 N–H and O–H groups in total. The lowest BCUT2D eigenvalue weighted by Crippen LogP contribution is -2.50. The average molecular weight is 444 g/mol. The molecule has 1 amide bonds. The number of carbonyl (C=O) groups excluding carboxylic acids is 1. The number of hydrogen-bond acceptors (Lipinski definition) is 5. The Hall–Kier alpha value is -3.10. The summed E-state index contributed by atoms with van der Waals surface area (Å²) in [7, 11) is -3.92. The molecular formula is C21H18ClN3O4S. The number of ether oxygens (including phenoxy) is 1.